The van der Waals surface area contributed by atoms with Crippen molar-refractivity contribution < 1.29 is 8.42 Å². The topological polar surface area (TPSA) is 46.2 Å². The molecule has 0 saturated heterocycles. The molecule has 0 saturated carbocycles. The van der Waals surface area contributed by atoms with Gasteiger partial charge in [-0.05, 0) is 65.6 Å². The third-order valence-electron chi connectivity index (χ3n) is 4.02. The molecule has 3 aromatic carbocycles. The molecule has 3 rings (SSSR count). The van der Waals surface area contributed by atoms with Gasteiger partial charge in [0, 0.05) is 15.2 Å². The minimum Gasteiger partial charge on any atom is -0.280 e. The quantitative estimate of drug-likeness (QED) is 0.508. The molecule has 0 aliphatic carbocycles. The van der Waals surface area contributed by atoms with Crippen LogP contribution in [0.3, 0.4) is 0 Å². The van der Waals surface area contributed by atoms with Gasteiger partial charge in [-0.3, -0.25) is 4.72 Å². The molecule has 0 aliphatic heterocycles. The van der Waals surface area contributed by atoms with Crippen LogP contribution in [0.15, 0.2) is 76.1 Å². The monoisotopic (exact) mass is 449 g/mol. The predicted molar refractivity (Wildman–Crippen MR) is 111 cm³/mol. The van der Waals surface area contributed by atoms with E-state index in [2.05, 4.69) is 20.7 Å². The molecule has 6 heteroatoms. The smallest absolute Gasteiger partial charge is 0.261 e. The zero-order valence-electron chi connectivity index (χ0n) is 14.0. The van der Waals surface area contributed by atoms with Crippen LogP contribution in [0.4, 0.5) is 5.69 Å². The Bertz CT molecular complexity index is 1020. The van der Waals surface area contributed by atoms with Gasteiger partial charge in [0.05, 0.1) is 4.90 Å². The Morgan fingerprint density at radius 3 is 2.08 bits per heavy atom. The second-order valence-electron chi connectivity index (χ2n) is 5.80. The molecule has 0 atom stereocenters. The standard InChI is InChI=1S/C20H17BrClNO2S/c1-2-14-13-18(9-12-20(14)22)23-26(24,25)19-10-5-16(6-11-19)15-3-7-17(21)8-4-15/h3-13,23H,2H2,1H3. The lowest BCUT2D eigenvalue weighted by Crippen LogP contribution is -2.13. The molecule has 3 nitrogen and oxygen atoms in total. The minimum atomic E-state index is -3.66. The van der Waals surface area contributed by atoms with E-state index in [1.54, 1.807) is 42.5 Å². The zero-order chi connectivity index (χ0) is 18.7. The Hall–Kier alpha value is -1.82. The van der Waals surface area contributed by atoms with E-state index in [0.717, 1.165) is 27.6 Å². The highest BCUT2D eigenvalue weighted by atomic mass is 79.9. The van der Waals surface area contributed by atoms with Crippen molar-refractivity contribution in [3.63, 3.8) is 0 Å². The number of nitrogens with one attached hydrogen (secondary N) is 1. The highest BCUT2D eigenvalue weighted by Gasteiger charge is 2.15. The van der Waals surface area contributed by atoms with Crippen molar-refractivity contribution in [2.75, 3.05) is 4.72 Å². The van der Waals surface area contributed by atoms with E-state index < -0.39 is 10.0 Å². The number of aryl methyl sites for hydroxylation is 1. The third-order valence-corrected chi connectivity index (χ3v) is 6.32. The van der Waals surface area contributed by atoms with Crippen LogP contribution in [0.2, 0.25) is 5.02 Å². The fourth-order valence-electron chi connectivity index (χ4n) is 2.59. The summed E-state index contributed by atoms with van der Waals surface area (Å²) in [5.41, 5.74) is 3.38. The summed E-state index contributed by atoms with van der Waals surface area (Å²) in [6.07, 6.45) is 0.732. The van der Waals surface area contributed by atoms with Crippen molar-refractivity contribution in [2.45, 2.75) is 18.2 Å². The van der Waals surface area contributed by atoms with Crippen LogP contribution in [0.1, 0.15) is 12.5 Å². The van der Waals surface area contributed by atoms with Gasteiger partial charge in [0.1, 0.15) is 0 Å². The molecule has 134 valence electrons. The number of hydrogen-bond acceptors (Lipinski definition) is 2. The first-order chi connectivity index (χ1) is 12.4. The van der Waals surface area contributed by atoms with E-state index in [9.17, 15) is 8.42 Å². The van der Waals surface area contributed by atoms with Crippen molar-refractivity contribution in [3.05, 3.63) is 81.8 Å². The van der Waals surface area contributed by atoms with Crippen molar-refractivity contribution in [2.24, 2.45) is 0 Å². The summed E-state index contributed by atoms with van der Waals surface area (Å²) in [5, 5.41) is 0.634. The van der Waals surface area contributed by atoms with E-state index in [1.165, 1.54) is 0 Å². The number of hydrogen-bond donors (Lipinski definition) is 1. The van der Waals surface area contributed by atoms with Crippen LogP contribution >= 0.6 is 27.5 Å². The van der Waals surface area contributed by atoms with E-state index in [4.69, 9.17) is 11.6 Å². The number of halogens is 2. The molecule has 26 heavy (non-hydrogen) atoms. The van der Waals surface area contributed by atoms with Gasteiger partial charge in [0.15, 0.2) is 0 Å². The highest BCUT2D eigenvalue weighted by molar-refractivity contribution is 9.10. The summed E-state index contributed by atoms with van der Waals surface area (Å²) in [5.74, 6) is 0. The van der Waals surface area contributed by atoms with Crippen LogP contribution in [0.5, 0.6) is 0 Å². The first-order valence-corrected chi connectivity index (χ1v) is 10.7. The summed E-state index contributed by atoms with van der Waals surface area (Å²) in [4.78, 5) is 0.214. The first kappa shape index (κ1) is 19.0. The van der Waals surface area contributed by atoms with Crippen LogP contribution in [0, 0.1) is 0 Å². The summed E-state index contributed by atoms with van der Waals surface area (Å²) >= 11 is 9.50. The zero-order valence-corrected chi connectivity index (χ0v) is 17.2. The number of anilines is 1. The van der Waals surface area contributed by atoms with Crippen molar-refractivity contribution in [3.8, 4) is 11.1 Å². The van der Waals surface area contributed by atoms with Gasteiger partial charge in [-0.15, -0.1) is 0 Å². The van der Waals surface area contributed by atoms with Gasteiger partial charge < -0.3 is 0 Å². The van der Waals surface area contributed by atoms with E-state index in [1.807, 2.05) is 31.2 Å². The molecule has 0 aliphatic rings. The average Bonchev–Trinajstić information content (AvgIpc) is 2.64. The number of sulfonamides is 1. The molecule has 0 bridgehead atoms. The molecule has 0 unspecified atom stereocenters. The maximum atomic E-state index is 12.6. The van der Waals surface area contributed by atoms with Gasteiger partial charge in [-0.25, -0.2) is 8.42 Å². The second kappa shape index (κ2) is 7.82. The molecule has 0 amide bonds. The summed E-state index contributed by atoms with van der Waals surface area (Å²) < 4.78 is 28.9. The molecule has 3 aromatic rings. The lowest BCUT2D eigenvalue weighted by Gasteiger charge is -2.11. The van der Waals surface area contributed by atoms with Gasteiger partial charge in [0.2, 0.25) is 0 Å². The van der Waals surface area contributed by atoms with Crippen LogP contribution in [-0.2, 0) is 16.4 Å². The van der Waals surface area contributed by atoms with E-state index in [0.29, 0.717) is 10.7 Å². The Morgan fingerprint density at radius 2 is 1.50 bits per heavy atom. The van der Waals surface area contributed by atoms with Gasteiger partial charge in [0.25, 0.3) is 10.0 Å². The molecule has 1 N–H and O–H groups in total. The highest BCUT2D eigenvalue weighted by Crippen LogP contribution is 2.26. The lowest BCUT2D eigenvalue weighted by atomic mass is 10.1. The summed E-state index contributed by atoms with van der Waals surface area (Å²) in [6.45, 7) is 1.97. The maximum Gasteiger partial charge on any atom is 0.261 e. The molecule has 0 radical (unpaired) electrons. The first-order valence-electron chi connectivity index (χ1n) is 8.06. The van der Waals surface area contributed by atoms with Gasteiger partial charge >= 0.3 is 0 Å². The molecular weight excluding hydrogens is 434 g/mol. The molecular formula is C20H17BrClNO2S. The molecule has 0 aromatic heterocycles. The third kappa shape index (κ3) is 4.29. The minimum absolute atomic E-state index is 0.214. The molecule has 0 fully saturated rings. The fourth-order valence-corrected chi connectivity index (χ4v) is 4.16. The van der Waals surface area contributed by atoms with Crippen molar-refractivity contribution in [1.82, 2.24) is 0 Å². The van der Waals surface area contributed by atoms with Gasteiger partial charge in [-0.1, -0.05) is 58.7 Å². The van der Waals surface area contributed by atoms with Crippen molar-refractivity contribution >= 4 is 43.2 Å². The Labute approximate surface area is 167 Å². The maximum absolute atomic E-state index is 12.6. The number of benzene rings is 3. The predicted octanol–water partition coefficient (Wildman–Crippen LogP) is 6.13. The molecule has 0 heterocycles. The van der Waals surface area contributed by atoms with Crippen LogP contribution in [-0.4, -0.2) is 8.42 Å². The summed E-state index contributed by atoms with van der Waals surface area (Å²) in [7, 11) is -3.66. The Balaban J connectivity index is 1.84. The van der Waals surface area contributed by atoms with Crippen LogP contribution < -0.4 is 4.72 Å². The van der Waals surface area contributed by atoms with E-state index in [-0.39, 0.29) is 4.90 Å². The Morgan fingerprint density at radius 1 is 0.923 bits per heavy atom. The molecule has 0 spiro atoms. The summed E-state index contributed by atoms with van der Waals surface area (Å²) in [6, 6.07) is 19.8. The fraction of sp³-hybridized carbons (Fsp3) is 0.100. The van der Waals surface area contributed by atoms with Crippen LogP contribution in [0.25, 0.3) is 11.1 Å². The van der Waals surface area contributed by atoms with E-state index >= 15 is 0 Å². The van der Waals surface area contributed by atoms with Crippen molar-refractivity contribution in [1.29, 1.82) is 0 Å². The SMILES string of the molecule is CCc1cc(NS(=O)(=O)c2ccc(-c3ccc(Br)cc3)cc2)ccc1Cl. The Kier molecular flexibility index (Phi) is 5.70. The normalized spacial score (nSPS) is 11.3. The largest absolute Gasteiger partial charge is 0.280 e. The number of rotatable bonds is 5. The second-order valence-corrected chi connectivity index (χ2v) is 8.80. The lowest BCUT2D eigenvalue weighted by molar-refractivity contribution is 0.601. The average molecular weight is 451 g/mol. The van der Waals surface area contributed by atoms with Gasteiger partial charge in [-0.2, -0.15) is 0 Å².